The predicted octanol–water partition coefficient (Wildman–Crippen LogP) is 3.04. The second kappa shape index (κ2) is 16.8. The zero-order chi connectivity index (χ0) is 15.9. The summed E-state index contributed by atoms with van der Waals surface area (Å²) in [6, 6.07) is 0.373. The highest BCUT2D eigenvalue weighted by atomic mass is 127. The van der Waals surface area contributed by atoms with Crippen LogP contribution < -0.4 is 16.0 Å². The van der Waals surface area contributed by atoms with Gasteiger partial charge in [-0.2, -0.15) is 0 Å². The molecule has 0 heterocycles. The largest absolute Gasteiger partial charge is 0.357 e. The monoisotopic (exact) mass is 426 g/mol. The molecular formula is C16H35IN4O. The molecule has 0 bridgehead atoms. The minimum Gasteiger partial charge on any atom is -0.357 e. The van der Waals surface area contributed by atoms with Gasteiger partial charge in [0.25, 0.3) is 0 Å². The van der Waals surface area contributed by atoms with Crippen molar-refractivity contribution in [2.45, 2.75) is 72.3 Å². The van der Waals surface area contributed by atoms with Crippen molar-refractivity contribution in [3.05, 3.63) is 0 Å². The lowest BCUT2D eigenvalue weighted by molar-refractivity contribution is -0.119. The number of nitrogens with one attached hydrogen (secondary N) is 3. The Balaban J connectivity index is 0. The summed E-state index contributed by atoms with van der Waals surface area (Å²) in [4.78, 5) is 15.9. The molecule has 0 aliphatic rings. The molecule has 3 N–H and O–H groups in total. The first kappa shape index (κ1) is 23.7. The molecule has 0 aliphatic carbocycles. The summed E-state index contributed by atoms with van der Waals surface area (Å²) in [5, 5.41) is 9.38. The van der Waals surface area contributed by atoms with Crippen molar-refractivity contribution in [3.8, 4) is 0 Å². The van der Waals surface area contributed by atoms with Gasteiger partial charge in [-0.15, -0.1) is 24.0 Å². The van der Waals surface area contributed by atoms with Crippen molar-refractivity contribution >= 4 is 35.8 Å². The van der Waals surface area contributed by atoms with Crippen LogP contribution >= 0.6 is 24.0 Å². The van der Waals surface area contributed by atoms with Crippen LogP contribution in [0.2, 0.25) is 0 Å². The highest BCUT2D eigenvalue weighted by Gasteiger charge is 2.06. The van der Waals surface area contributed by atoms with Crippen molar-refractivity contribution in [1.29, 1.82) is 0 Å². The molecule has 6 heteroatoms. The molecule has 0 fully saturated rings. The third-order valence-corrected chi connectivity index (χ3v) is 3.17. The zero-order valence-electron chi connectivity index (χ0n) is 14.7. The molecule has 1 unspecified atom stereocenters. The number of rotatable bonds is 11. The molecule has 5 nitrogen and oxygen atoms in total. The smallest absolute Gasteiger partial charge is 0.241 e. The van der Waals surface area contributed by atoms with E-state index in [1.54, 1.807) is 0 Å². The highest BCUT2D eigenvalue weighted by Crippen LogP contribution is 2.05. The van der Waals surface area contributed by atoms with E-state index in [1.807, 2.05) is 13.8 Å². The van der Waals surface area contributed by atoms with Crippen LogP contribution in [0.4, 0.5) is 0 Å². The maximum absolute atomic E-state index is 11.6. The maximum atomic E-state index is 11.6. The Labute approximate surface area is 153 Å². The van der Waals surface area contributed by atoms with E-state index in [2.05, 4.69) is 34.8 Å². The molecule has 0 rings (SSSR count). The minimum atomic E-state index is -0.0235. The number of halogens is 1. The number of hydrogen-bond donors (Lipinski definition) is 3. The van der Waals surface area contributed by atoms with Crippen LogP contribution in [0.1, 0.15) is 66.2 Å². The molecule has 0 aliphatic heterocycles. The number of carbonyl (C=O) groups is 1. The molecule has 0 radical (unpaired) electrons. The summed E-state index contributed by atoms with van der Waals surface area (Å²) < 4.78 is 0. The van der Waals surface area contributed by atoms with Gasteiger partial charge in [0.15, 0.2) is 5.96 Å². The lowest BCUT2D eigenvalue weighted by Crippen LogP contribution is -2.43. The van der Waals surface area contributed by atoms with Crippen molar-refractivity contribution in [3.63, 3.8) is 0 Å². The zero-order valence-corrected chi connectivity index (χ0v) is 17.0. The molecule has 0 saturated carbocycles. The molecule has 0 saturated heterocycles. The second-order valence-corrected chi connectivity index (χ2v) is 5.44. The van der Waals surface area contributed by atoms with Gasteiger partial charge in [0.05, 0.1) is 0 Å². The van der Waals surface area contributed by atoms with Crippen molar-refractivity contribution in [1.82, 2.24) is 16.0 Å². The van der Waals surface area contributed by atoms with E-state index in [0.29, 0.717) is 12.6 Å². The van der Waals surface area contributed by atoms with Gasteiger partial charge in [0, 0.05) is 19.1 Å². The van der Waals surface area contributed by atoms with Gasteiger partial charge in [0.1, 0.15) is 6.54 Å². The molecule has 1 atom stereocenters. The van der Waals surface area contributed by atoms with E-state index in [0.717, 1.165) is 25.3 Å². The Morgan fingerprint density at radius 3 is 2.36 bits per heavy atom. The molecule has 132 valence electrons. The molecule has 0 aromatic heterocycles. The average Bonchev–Trinajstić information content (AvgIpc) is 2.47. The van der Waals surface area contributed by atoms with E-state index < -0.39 is 0 Å². The van der Waals surface area contributed by atoms with Crippen LogP contribution in [0.25, 0.3) is 0 Å². The van der Waals surface area contributed by atoms with Gasteiger partial charge < -0.3 is 16.0 Å². The summed E-state index contributed by atoms with van der Waals surface area (Å²) in [7, 11) is 0. The SMILES string of the molecule is CCCCCCC(C)NC(=NCC(=O)NCCC)NCC.I. The molecule has 0 aromatic rings. The number of aliphatic imine (C=N–C) groups is 1. The number of amides is 1. The molecular weight excluding hydrogens is 391 g/mol. The topological polar surface area (TPSA) is 65.5 Å². The Bertz CT molecular complexity index is 298. The van der Waals surface area contributed by atoms with Crippen molar-refractivity contribution in [2.75, 3.05) is 19.6 Å². The van der Waals surface area contributed by atoms with Crippen LogP contribution in [0.5, 0.6) is 0 Å². The number of carbonyl (C=O) groups excluding carboxylic acids is 1. The van der Waals surface area contributed by atoms with E-state index in [4.69, 9.17) is 0 Å². The standard InChI is InChI=1S/C16H34N4O.HI/c1-5-8-9-10-11-14(4)20-16(17-7-3)19-13-15(21)18-12-6-2;/h14H,5-13H2,1-4H3,(H,18,21)(H2,17,19,20);1H. The first-order chi connectivity index (χ1) is 10.1. The van der Waals surface area contributed by atoms with Gasteiger partial charge in [-0.3, -0.25) is 4.79 Å². The molecule has 0 aromatic carbocycles. The summed E-state index contributed by atoms with van der Waals surface area (Å²) in [6.45, 7) is 10.1. The minimum absolute atomic E-state index is 0. The third-order valence-electron chi connectivity index (χ3n) is 3.17. The van der Waals surface area contributed by atoms with Gasteiger partial charge in [-0.1, -0.05) is 39.5 Å². The van der Waals surface area contributed by atoms with Gasteiger partial charge in [-0.05, 0) is 26.7 Å². The molecule has 22 heavy (non-hydrogen) atoms. The van der Waals surface area contributed by atoms with Crippen LogP contribution in [0, 0.1) is 0 Å². The van der Waals surface area contributed by atoms with Gasteiger partial charge in [0.2, 0.25) is 5.91 Å². The summed E-state index contributed by atoms with van der Waals surface area (Å²) in [5.74, 6) is 0.705. The van der Waals surface area contributed by atoms with Crippen LogP contribution in [0.3, 0.4) is 0 Å². The van der Waals surface area contributed by atoms with Gasteiger partial charge in [-0.25, -0.2) is 4.99 Å². The lowest BCUT2D eigenvalue weighted by atomic mass is 10.1. The molecule has 1 amide bonds. The fourth-order valence-corrected chi connectivity index (χ4v) is 1.97. The lowest BCUT2D eigenvalue weighted by Gasteiger charge is -2.17. The van der Waals surface area contributed by atoms with Crippen LogP contribution in [-0.4, -0.2) is 37.5 Å². The van der Waals surface area contributed by atoms with Crippen LogP contribution in [-0.2, 0) is 4.79 Å². The number of hydrogen-bond acceptors (Lipinski definition) is 2. The normalized spacial score (nSPS) is 12.3. The summed E-state index contributed by atoms with van der Waals surface area (Å²) in [6.07, 6.45) is 7.17. The van der Waals surface area contributed by atoms with Crippen molar-refractivity contribution < 1.29 is 4.79 Å². The summed E-state index contributed by atoms with van der Waals surface area (Å²) >= 11 is 0. The van der Waals surface area contributed by atoms with E-state index in [1.165, 1.54) is 25.7 Å². The predicted molar refractivity (Wildman–Crippen MR) is 106 cm³/mol. The second-order valence-electron chi connectivity index (χ2n) is 5.44. The fourth-order valence-electron chi connectivity index (χ4n) is 1.97. The van der Waals surface area contributed by atoms with E-state index in [-0.39, 0.29) is 36.4 Å². The van der Waals surface area contributed by atoms with Gasteiger partial charge >= 0.3 is 0 Å². The van der Waals surface area contributed by atoms with E-state index >= 15 is 0 Å². The number of nitrogens with zero attached hydrogens (tertiary/aromatic N) is 1. The Hall–Kier alpha value is -0.530. The summed E-state index contributed by atoms with van der Waals surface area (Å²) in [5.41, 5.74) is 0. The van der Waals surface area contributed by atoms with Crippen molar-refractivity contribution in [2.24, 2.45) is 4.99 Å². The average molecular weight is 426 g/mol. The number of guanidine groups is 1. The Morgan fingerprint density at radius 1 is 1.05 bits per heavy atom. The van der Waals surface area contributed by atoms with E-state index in [9.17, 15) is 4.79 Å². The third kappa shape index (κ3) is 14.4. The fraction of sp³-hybridized carbons (Fsp3) is 0.875. The number of unbranched alkanes of at least 4 members (excludes halogenated alkanes) is 3. The quantitative estimate of drug-likeness (QED) is 0.206. The highest BCUT2D eigenvalue weighted by molar-refractivity contribution is 14.0. The Morgan fingerprint density at radius 2 is 1.77 bits per heavy atom. The first-order valence-corrected chi connectivity index (χ1v) is 8.45. The van der Waals surface area contributed by atoms with Crippen LogP contribution in [0.15, 0.2) is 4.99 Å². The Kier molecular flexibility index (Phi) is 18.2. The maximum Gasteiger partial charge on any atom is 0.241 e. The molecule has 0 spiro atoms. The first-order valence-electron chi connectivity index (χ1n) is 8.45.